The largest absolute Gasteiger partial charge is 0.428 e. The topological polar surface area (TPSA) is 176 Å². The molecule has 3 saturated heterocycles. The lowest BCUT2D eigenvalue weighted by molar-refractivity contribution is -0.135. The van der Waals surface area contributed by atoms with E-state index >= 15 is 0 Å². The van der Waals surface area contributed by atoms with E-state index in [1.165, 1.54) is 4.57 Å². The fraction of sp³-hybridized carbons (Fsp3) is 0.522. The molecule has 5 amide bonds. The van der Waals surface area contributed by atoms with E-state index in [1.807, 2.05) is 72.6 Å². The van der Waals surface area contributed by atoms with Gasteiger partial charge in [0.15, 0.2) is 13.5 Å². The Morgan fingerprint density at radius 3 is 2.17 bits per heavy atom. The predicted octanol–water partition coefficient (Wildman–Crippen LogP) is 4.12. The van der Waals surface area contributed by atoms with Crippen LogP contribution >= 0.6 is 0 Å². The standard InChI is InChI=1S/C46H60N10O7/c1-32-25-33-26-36-29-55(50-41(32)36)30-62-45(60)47-15-7-3-4-8-16-48-46(61)63-31-56-40-10-6-5-9-35(40)28-38(42(56)57)34-11-19-54(20-12-34)44(59)49-39(27-33)43(58)53-23-21-52(22-24-53)37-13-17-51(2)18-14-37/h3-6,9-10,25-26,28-29,34,37,39H,7-8,11-24,27,30-31H2,1-2H3,(H,47,60)(H,48,61)(H,49,59)/b4-3-/t39-/m1/s1. The number of pyridine rings is 1. The summed E-state index contributed by atoms with van der Waals surface area (Å²) in [5.41, 5.74) is 3.57. The van der Waals surface area contributed by atoms with Crippen molar-refractivity contribution in [1.29, 1.82) is 0 Å². The Morgan fingerprint density at radius 2 is 1.46 bits per heavy atom. The average molecular weight is 865 g/mol. The Bertz CT molecular complexity index is 2370. The lowest BCUT2D eigenvalue weighted by Crippen LogP contribution is -2.59. The van der Waals surface area contributed by atoms with Gasteiger partial charge in [-0.05, 0) is 106 Å². The van der Waals surface area contributed by atoms with Gasteiger partial charge in [-0.1, -0.05) is 36.4 Å². The van der Waals surface area contributed by atoms with Gasteiger partial charge in [0.05, 0.1) is 11.0 Å². The maximum atomic E-state index is 14.5. The number of aromatic nitrogens is 3. The van der Waals surface area contributed by atoms with Crippen LogP contribution in [0.15, 0.2) is 65.6 Å². The number of carbonyl (C=O) groups is 4. The molecular formula is C46H60N10O7. The van der Waals surface area contributed by atoms with E-state index in [1.54, 1.807) is 9.58 Å². The summed E-state index contributed by atoms with van der Waals surface area (Å²) >= 11 is 0. The number of nitrogens with zero attached hydrogens (tertiary/aromatic N) is 7. The molecule has 5 aliphatic heterocycles. The molecule has 0 radical (unpaired) electrons. The van der Waals surface area contributed by atoms with Crippen LogP contribution in [0.3, 0.4) is 0 Å². The zero-order valence-corrected chi connectivity index (χ0v) is 36.4. The first-order valence-corrected chi connectivity index (χ1v) is 22.4. The Kier molecular flexibility index (Phi) is 13.9. The van der Waals surface area contributed by atoms with Crippen molar-refractivity contribution in [3.8, 4) is 0 Å². The van der Waals surface area contributed by atoms with Crippen molar-refractivity contribution in [3.63, 3.8) is 0 Å². The summed E-state index contributed by atoms with van der Waals surface area (Å²) in [7, 11) is 2.16. The third-order valence-corrected chi connectivity index (χ3v) is 13.0. The highest BCUT2D eigenvalue weighted by Gasteiger charge is 2.34. The van der Waals surface area contributed by atoms with Gasteiger partial charge >= 0.3 is 18.2 Å². The number of urea groups is 1. The molecule has 7 bridgehead atoms. The molecule has 0 spiro atoms. The number of alkyl carbamates (subject to hydrolysis) is 2. The van der Waals surface area contributed by atoms with Crippen molar-refractivity contribution >= 4 is 45.9 Å². The van der Waals surface area contributed by atoms with Gasteiger partial charge in [0.25, 0.3) is 5.56 Å². The first kappa shape index (κ1) is 43.7. The highest BCUT2D eigenvalue weighted by molar-refractivity contribution is 5.88. The van der Waals surface area contributed by atoms with Crippen LogP contribution in [-0.2, 0) is 34.2 Å². The minimum atomic E-state index is -0.816. The van der Waals surface area contributed by atoms with E-state index in [2.05, 4.69) is 37.9 Å². The van der Waals surface area contributed by atoms with Crippen LogP contribution in [0.4, 0.5) is 14.4 Å². The van der Waals surface area contributed by atoms with E-state index < -0.39 is 18.2 Å². The zero-order chi connectivity index (χ0) is 43.9. The van der Waals surface area contributed by atoms with Crippen LogP contribution in [-0.4, -0.2) is 143 Å². The number of aryl methyl sites for hydroxylation is 1. The summed E-state index contributed by atoms with van der Waals surface area (Å²) in [6, 6.07) is 12.8. The number of fused-ring (bicyclic) bond motifs is 18. The first-order chi connectivity index (χ1) is 30.6. The van der Waals surface area contributed by atoms with Gasteiger partial charge in [-0.25, -0.2) is 19.1 Å². The number of ether oxygens (including phenoxy) is 2. The van der Waals surface area contributed by atoms with Gasteiger partial charge in [0, 0.05) is 82.0 Å². The fourth-order valence-electron chi connectivity index (χ4n) is 9.45. The average Bonchev–Trinajstić information content (AvgIpc) is 3.72. The maximum Gasteiger partial charge on any atom is 0.408 e. The monoisotopic (exact) mass is 864 g/mol. The normalized spacial score (nSPS) is 22.9. The molecule has 0 unspecified atom stereocenters. The third kappa shape index (κ3) is 10.6. The quantitative estimate of drug-likeness (QED) is 0.249. The molecule has 336 valence electrons. The number of hydrogen-bond donors (Lipinski definition) is 3. The first-order valence-electron chi connectivity index (χ1n) is 22.4. The molecule has 3 fully saturated rings. The number of nitrogens with one attached hydrogen (secondary N) is 3. The van der Waals surface area contributed by atoms with Crippen LogP contribution in [0.25, 0.3) is 21.8 Å². The summed E-state index contributed by atoms with van der Waals surface area (Å²) in [5, 5.41) is 15.0. The lowest BCUT2D eigenvalue weighted by atomic mass is 9.89. The second-order valence-electron chi connectivity index (χ2n) is 17.3. The number of likely N-dealkylation sites (tertiary alicyclic amines) is 1. The van der Waals surface area contributed by atoms with Gasteiger partial charge in [0.2, 0.25) is 5.91 Å². The molecule has 0 saturated carbocycles. The zero-order valence-electron chi connectivity index (χ0n) is 36.4. The third-order valence-electron chi connectivity index (χ3n) is 13.0. The molecule has 3 N–H and O–H groups in total. The van der Waals surface area contributed by atoms with Crippen molar-refractivity contribution < 1.29 is 28.7 Å². The van der Waals surface area contributed by atoms with E-state index in [9.17, 15) is 24.0 Å². The van der Waals surface area contributed by atoms with Crippen molar-refractivity contribution in [1.82, 2.24) is 49.9 Å². The Labute approximate surface area is 367 Å². The maximum absolute atomic E-state index is 14.5. The minimum Gasteiger partial charge on any atom is -0.428 e. The number of carbonyl (C=O) groups excluding carboxylic acids is 4. The number of amides is 5. The smallest absolute Gasteiger partial charge is 0.408 e. The number of hydrogen-bond acceptors (Lipinski definition) is 10. The van der Waals surface area contributed by atoms with Crippen molar-refractivity contribution in [2.24, 2.45) is 0 Å². The summed E-state index contributed by atoms with van der Waals surface area (Å²) in [6.07, 6.45) is 9.18. The van der Waals surface area contributed by atoms with Crippen molar-refractivity contribution in [2.75, 3.05) is 72.5 Å². The summed E-state index contributed by atoms with van der Waals surface area (Å²) in [6.45, 7) is 8.05. The van der Waals surface area contributed by atoms with Gasteiger partial charge in [0.1, 0.15) is 6.04 Å². The highest BCUT2D eigenvalue weighted by Crippen LogP contribution is 2.29. The van der Waals surface area contributed by atoms with Crippen molar-refractivity contribution in [3.05, 3.63) is 87.9 Å². The second-order valence-corrected chi connectivity index (χ2v) is 17.3. The van der Waals surface area contributed by atoms with Crippen LogP contribution in [0.1, 0.15) is 61.1 Å². The summed E-state index contributed by atoms with van der Waals surface area (Å²) < 4.78 is 14.0. The van der Waals surface area contributed by atoms with E-state index in [0.29, 0.717) is 82.1 Å². The molecule has 63 heavy (non-hydrogen) atoms. The van der Waals surface area contributed by atoms with Gasteiger partial charge in [-0.2, -0.15) is 5.10 Å². The molecular weight excluding hydrogens is 805 g/mol. The summed E-state index contributed by atoms with van der Waals surface area (Å²) in [5.74, 6) is -0.228. The number of rotatable bonds is 2. The number of para-hydroxylation sites is 1. The minimum absolute atomic E-state index is 0.0833. The van der Waals surface area contributed by atoms with Crippen LogP contribution in [0, 0.1) is 6.92 Å². The molecule has 9 rings (SSSR count). The molecule has 2 aromatic carbocycles. The molecule has 0 aliphatic carbocycles. The number of benzene rings is 2. The highest BCUT2D eigenvalue weighted by atomic mass is 16.6. The van der Waals surface area contributed by atoms with Gasteiger partial charge in [-0.3, -0.25) is 19.1 Å². The van der Waals surface area contributed by atoms with Crippen molar-refractivity contribution in [2.45, 2.75) is 83.3 Å². The molecule has 1 atom stereocenters. The summed E-state index contributed by atoms with van der Waals surface area (Å²) in [4.78, 5) is 76.4. The Hall–Kier alpha value is -5.94. The molecule has 5 aliphatic rings. The molecule has 2 aromatic heterocycles. The van der Waals surface area contributed by atoms with Crippen LogP contribution in [0.2, 0.25) is 0 Å². The molecule has 17 heteroatoms. The Balaban J connectivity index is 1.02. The van der Waals surface area contributed by atoms with E-state index in [4.69, 9.17) is 9.47 Å². The molecule has 7 heterocycles. The lowest BCUT2D eigenvalue weighted by Gasteiger charge is -2.43. The van der Waals surface area contributed by atoms with Gasteiger partial charge < -0.3 is 40.1 Å². The van der Waals surface area contributed by atoms with Crippen LogP contribution in [0.5, 0.6) is 0 Å². The fourth-order valence-corrected chi connectivity index (χ4v) is 9.45. The number of piperazine rings is 1. The SMILES string of the molecule is Cc1cc2cc3cn(nc13)COC(=O)NCC/C=C\CCNC(=O)OCn1c(=O)c(cc3ccccc31)C1CCN(CC1)C(=O)N[C@@H](C(=O)N1CCN(C3CCN(C)CC3)CC1)C2. The molecule has 4 aromatic rings. The second kappa shape index (κ2) is 20.1. The van der Waals surface area contributed by atoms with Gasteiger partial charge in [-0.15, -0.1) is 0 Å². The predicted molar refractivity (Wildman–Crippen MR) is 238 cm³/mol. The number of piperidine rings is 2. The Morgan fingerprint density at radius 1 is 0.778 bits per heavy atom. The van der Waals surface area contributed by atoms with Crippen LogP contribution < -0.4 is 21.5 Å². The van der Waals surface area contributed by atoms with E-state index in [0.717, 1.165) is 66.4 Å². The van der Waals surface area contributed by atoms with E-state index in [-0.39, 0.29) is 43.3 Å². The molecule has 17 nitrogen and oxygen atoms in total.